The Balaban J connectivity index is 2.43. The molecule has 112 valence electrons. The van der Waals surface area contributed by atoms with Gasteiger partial charge in [0.15, 0.2) is 0 Å². The van der Waals surface area contributed by atoms with Crippen molar-refractivity contribution in [2.75, 3.05) is 0 Å². The molecular formula is C15H17Cl2N3O. The molecule has 2 rings (SSSR count). The quantitative estimate of drug-likeness (QED) is 0.810. The Kier molecular flexibility index (Phi) is 4.69. The number of halogens is 2. The van der Waals surface area contributed by atoms with Crippen molar-refractivity contribution in [3.8, 4) is 11.8 Å². The Morgan fingerprint density at radius 2 is 1.67 bits per heavy atom. The first-order valence-corrected chi connectivity index (χ1v) is 7.43. The summed E-state index contributed by atoms with van der Waals surface area (Å²) in [6.07, 6.45) is 0.965. The van der Waals surface area contributed by atoms with Crippen molar-refractivity contribution in [1.82, 2.24) is 15.0 Å². The fourth-order valence-electron chi connectivity index (χ4n) is 1.93. The second kappa shape index (κ2) is 6.16. The predicted octanol–water partition coefficient (Wildman–Crippen LogP) is 4.83. The van der Waals surface area contributed by atoms with E-state index in [-0.39, 0.29) is 22.0 Å². The van der Waals surface area contributed by atoms with Crippen LogP contribution in [-0.4, -0.2) is 15.0 Å². The van der Waals surface area contributed by atoms with Gasteiger partial charge in [-0.05, 0) is 46.7 Å². The summed E-state index contributed by atoms with van der Waals surface area (Å²) in [6.45, 7) is 8.50. The molecule has 0 radical (unpaired) electrons. The van der Waals surface area contributed by atoms with Crippen LogP contribution >= 0.6 is 23.2 Å². The Morgan fingerprint density at radius 3 is 2.19 bits per heavy atom. The molecule has 0 aliphatic heterocycles. The van der Waals surface area contributed by atoms with E-state index in [1.165, 1.54) is 5.56 Å². The predicted molar refractivity (Wildman–Crippen MR) is 84.4 cm³/mol. The first kappa shape index (κ1) is 16.0. The van der Waals surface area contributed by atoms with E-state index in [1.54, 1.807) is 0 Å². The maximum Gasteiger partial charge on any atom is 0.327 e. The largest absolute Gasteiger partial charge is 0.424 e. The zero-order chi connectivity index (χ0) is 15.6. The molecule has 1 heterocycles. The number of hydrogen-bond donors (Lipinski definition) is 0. The first-order valence-electron chi connectivity index (χ1n) is 6.68. The summed E-state index contributed by atoms with van der Waals surface area (Å²) in [5, 5.41) is 0.0139. The summed E-state index contributed by atoms with van der Waals surface area (Å²) < 4.78 is 5.77. The third-order valence-electron chi connectivity index (χ3n) is 3.02. The molecule has 0 bridgehead atoms. The smallest absolute Gasteiger partial charge is 0.327 e. The van der Waals surface area contributed by atoms with Crippen LogP contribution in [-0.2, 0) is 11.8 Å². The van der Waals surface area contributed by atoms with E-state index in [0.717, 1.165) is 12.0 Å². The average Bonchev–Trinajstić information content (AvgIpc) is 2.36. The fraction of sp³-hybridized carbons (Fsp3) is 0.400. The molecule has 6 heteroatoms. The lowest BCUT2D eigenvalue weighted by atomic mass is 9.85. The molecule has 4 nitrogen and oxygen atoms in total. The van der Waals surface area contributed by atoms with Crippen molar-refractivity contribution in [1.29, 1.82) is 0 Å². The molecule has 0 saturated carbocycles. The molecule has 0 aliphatic rings. The van der Waals surface area contributed by atoms with Crippen LogP contribution in [0.15, 0.2) is 18.2 Å². The summed E-state index contributed by atoms with van der Waals surface area (Å²) in [7, 11) is 0. The summed E-state index contributed by atoms with van der Waals surface area (Å²) in [5.41, 5.74) is 2.26. The van der Waals surface area contributed by atoms with E-state index in [0.29, 0.717) is 5.75 Å². The minimum absolute atomic E-state index is 0.00693. The number of nitrogens with zero attached hydrogens (tertiary/aromatic N) is 3. The van der Waals surface area contributed by atoms with Crippen LogP contribution in [0.25, 0.3) is 0 Å². The summed E-state index contributed by atoms with van der Waals surface area (Å²) in [6, 6.07) is 6.18. The zero-order valence-corrected chi connectivity index (χ0v) is 14.0. The number of rotatable bonds is 3. The third-order valence-corrected chi connectivity index (χ3v) is 3.36. The van der Waals surface area contributed by atoms with Crippen LogP contribution in [0.5, 0.6) is 11.8 Å². The van der Waals surface area contributed by atoms with E-state index in [2.05, 4.69) is 48.7 Å². The second-order valence-corrected chi connectivity index (χ2v) is 6.37. The lowest BCUT2D eigenvalue weighted by molar-refractivity contribution is 0.420. The van der Waals surface area contributed by atoms with Gasteiger partial charge in [-0.15, -0.1) is 0 Å². The lowest BCUT2D eigenvalue weighted by Gasteiger charge is -2.23. The van der Waals surface area contributed by atoms with Gasteiger partial charge in [0.1, 0.15) is 5.75 Å². The van der Waals surface area contributed by atoms with Gasteiger partial charge < -0.3 is 4.74 Å². The Hall–Kier alpha value is -1.39. The van der Waals surface area contributed by atoms with E-state index in [9.17, 15) is 0 Å². The topological polar surface area (TPSA) is 47.9 Å². The van der Waals surface area contributed by atoms with Crippen LogP contribution in [0.2, 0.25) is 10.6 Å². The maximum absolute atomic E-state index is 5.77. The summed E-state index contributed by atoms with van der Waals surface area (Å²) >= 11 is 11.5. The van der Waals surface area contributed by atoms with Crippen LogP contribution in [0, 0.1) is 0 Å². The van der Waals surface area contributed by atoms with Crippen molar-refractivity contribution >= 4 is 23.2 Å². The lowest BCUT2D eigenvalue weighted by Crippen LogP contribution is -2.13. The molecule has 0 amide bonds. The van der Waals surface area contributed by atoms with Gasteiger partial charge in [0.05, 0.1) is 0 Å². The Labute approximate surface area is 134 Å². The van der Waals surface area contributed by atoms with E-state index >= 15 is 0 Å². The molecule has 0 unspecified atom stereocenters. The fourth-order valence-corrected chi connectivity index (χ4v) is 2.27. The third kappa shape index (κ3) is 4.05. The van der Waals surface area contributed by atoms with Crippen LogP contribution in [0.4, 0.5) is 0 Å². The standard InChI is InChI=1S/C15H17Cl2N3O/c1-5-9-6-7-11(10(8-9)15(2,3)4)21-14-19-12(16)18-13(17)20-14/h6-8H,5H2,1-4H3. The van der Waals surface area contributed by atoms with Crippen LogP contribution in [0.3, 0.4) is 0 Å². The SMILES string of the molecule is CCc1ccc(Oc2nc(Cl)nc(Cl)n2)c(C(C)(C)C)c1. The van der Waals surface area contributed by atoms with Gasteiger partial charge in [0.2, 0.25) is 10.6 Å². The number of ether oxygens (including phenoxy) is 1. The van der Waals surface area contributed by atoms with Crippen molar-refractivity contribution in [3.05, 3.63) is 39.9 Å². The molecule has 21 heavy (non-hydrogen) atoms. The molecule has 0 spiro atoms. The van der Waals surface area contributed by atoms with Crippen LogP contribution in [0.1, 0.15) is 38.8 Å². The number of aromatic nitrogens is 3. The van der Waals surface area contributed by atoms with Gasteiger partial charge in [0, 0.05) is 5.56 Å². The monoisotopic (exact) mass is 325 g/mol. The van der Waals surface area contributed by atoms with Crippen molar-refractivity contribution in [3.63, 3.8) is 0 Å². The molecule has 1 aromatic carbocycles. The molecule has 0 fully saturated rings. The van der Waals surface area contributed by atoms with Gasteiger partial charge in [-0.25, -0.2) is 0 Å². The normalized spacial score (nSPS) is 11.5. The zero-order valence-electron chi connectivity index (χ0n) is 12.4. The maximum atomic E-state index is 5.77. The molecule has 0 saturated heterocycles. The number of benzene rings is 1. The minimum Gasteiger partial charge on any atom is -0.424 e. The second-order valence-electron chi connectivity index (χ2n) is 5.69. The van der Waals surface area contributed by atoms with E-state index in [1.807, 2.05) is 12.1 Å². The van der Waals surface area contributed by atoms with Gasteiger partial charge in [0.25, 0.3) is 0 Å². The first-order chi connectivity index (χ1) is 9.79. The highest BCUT2D eigenvalue weighted by Gasteiger charge is 2.20. The molecule has 0 N–H and O–H groups in total. The Bertz CT molecular complexity index is 634. The summed E-state index contributed by atoms with van der Waals surface area (Å²) in [5.74, 6) is 0.693. The highest BCUT2D eigenvalue weighted by molar-refractivity contribution is 6.31. The number of hydrogen-bond acceptors (Lipinski definition) is 4. The van der Waals surface area contributed by atoms with Gasteiger partial charge in [-0.3, -0.25) is 0 Å². The molecular weight excluding hydrogens is 309 g/mol. The van der Waals surface area contributed by atoms with Gasteiger partial charge in [-0.2, -0.15) is 15.0 Å². The molecule has 0 atom stereocenters. The van der Waals surface area contributed by atoms with Crippen molar-refractivity contribution < 1.29 is 4.74 Å². The highest BCUT2D eigenvalue weighted by Crippen LogP contribution is 2.34. The summed E-state index contributed by atoms with van der Waals surface area (Å²) in [4.78, 5) is 11.6. The van der Waals surface area contributed by atoms with E-state index < -0.39 is 0 Å². The van der Waals surface area contributed by atoms with E-state index in [4.69, 9.17) is 27.9 Å². The number of aryl methyl sites for hydroxylation is 1. The van der Waals surface area contributed by atoms with Crippen LogP contribution < -0.4 is 4.74 Å². The Morgan fingerprint density at radius 1 is 1.05 bits per heavy atom. The highest BCUT2D eigenvalue weighted by atomic mass is 35.5. The molecule has 0 aliphatic carbocycles. The van der Waals surface area contributed by atoms with Crippen molar-refractivity contribution in [2.45, 2.75) is 39.5 Å². The van der Waals surface area contributed by atoms with Gasteiger partial charge >= 0.3 is 6.01 Å². The molecule has 1 aromatic heterocycles. The molecule has 2 aromatic rings. The van der Waals surface area contributed by atoms with Gasteiger partial charge in [-0.1, -0.05) is 39.8 Å². The minimum atomic E-state index is -0.0683. The average molecular weight is 326 g/mol. The van der Waals surface area contributed by atoms with Crippen molar-refractivity contribution in [2.24, 2.45) is 0 Å².